The molecule has 1 aromatic rings. The minimum absolute atomic E-state index is 0.0171. The van der Waals surface area contributed by atoms with Gasteiger partial charge in [0.15, 0.2) is 11.5 Å². The SMILES string of the molecule is COc1cc(NCCC(C)(C)C)c([N+](=O)[O-])cc1OC. The van der Waals surface area contributed by atoms with Crippen LogP contribution in [0.2, 0.25) is 0 Å². The number of rotatable bonds is 6. The summed E-state index contributed by atoms with van der Waals surface area (Å²) in [6.07, 6.45) is 0.901. The fourth-order valence-corrected chi connectivity index (χ4v) is 1.73. The topological polar surface area (TPSA) is 73.6 Å². The van der Waals surface area contributed by atoms with Crippen LogP contribution >= 0.6 is 0 Å². The molecule has 0 heterocycles. The van der Waals surface area contributed by atoms with E-state index in [4.69, 9.17) is 9.47 Å². The maximum atomic E-state index is 11.1. The second-order valence-electron chi connectivity index (χ2n) is 5.72. The highest BCUT2D eigenvalue weighted by molar-refractivity contribution is 5.68. The molecular formula is C14H22N2O4. The van der Waals surface area contributed by atoms with Crippen molar-refractivity contribution in [1.29, 1.82) is 0 Å². The number of methoxy groups -OCH3 is 2. The lowest BCUT2D eigenvalue weighted by molar-refractivity contribution is -0.384. The average Bonchev–Trinajstić information content (AvgIpc) is 2.36. The van der Waals surface area contributed by atoms with Gasteiger partial charge in [0, 0.05) is 12.6 Å². The van der Waals surface area contributed by atoms with Crippen LogP contribution in [0.1, 0.15) is 27.2 Å². The summed E-state index contributed by atoms with van der Waals surface area (Å²) >= 11 is 0. The first-order valence-electron chi connectivity index (χ1n) is 6.43. The predicted molar refractivity (Wildman–Crippen MR) is 78.8 cm³/mol. The molecule has 0 bridgehead atoms. The second kappa shape index (κ2) is 6.45. The number of nitro groups is 1. The summed E-state index contributed by atoms with van der Waals surface area (Å²) in [5.41, 5.74) is 0.590. The Kier molecular flexibility index (Phi) is 5.19. The molecular weight excluding hydrogens is 260 g/mol. The van der Waals surface area contributed by atoms with Crippen molar-refractivity contribution >= 4 is 11.4 Å². The van der Waals surface area contributed by atoms with Gasteiger partial charge in [-0.3, -0.25) is 10.1 Å². The molecule has 1 rings (SSSR count). The Morgan fingerprint density at radius 3 is 2.20 bits per heavy atom. The van der Waals surface area contributed by atoms with E-state index < -0.39 is 4.92 Å². The number of ether oxygens (including phenoxy) is 2. The largest absolute Gasteiger partial charge is 0.493 e. The molecule has 0 radical (unpaired) electrons. The molecule has 1 aromatic carbocycles. The summed E-state index contributed by atoms with van der Waals surface area (Å²) in [7, 11) is 2.96. The zero-order chi connectivity index (χ0) is 15.3. The summed E-state index contributed by atoms with van der Waals surface area (Å²) in [6.45, 7) is 7.02. The molecule has 0 aliphatic heterocycles. The van der Waals surface area contributed by atoms with Gasteiger partial charge in [0.1, 0.15) is 5.69 Å². The number of nitrogens with one attached hydrogen (secondary N) is 1. The van der Waals surface area contributed by atoms with Gasteiger partial charge in [0.2, 0.25) is 0 Å². The maximum absolute atomic E-state index is 11.1. The Morgan fingerprint density at radius 2 is 1.75 bits per heavy atom. The average molecular weight is 282 g/mol. The summed E-state index contributed by atoms with van der Waals surface area (Å²) in [5.74, 6) is 0.817. The van der Waals surface area contributed by atoms with Crippen LogP contribution in [-0.2, 0) is 0 Å². The molecule has 0 atom stereocenters. The van der Waals surface area contributed by atoms with Gasteiger partial charge < -0.3 is 14.8 Å². The van der Waals surface area contributed by atoms with Crippen LogP contribution in [0, 0.1) is 15.5 Å². The fraction of sp³-hybridized carbons (Fsp3) is 0.571. The van der Waals surface area contributed by atoms with Gasteiger partial charge in [0.25, 0.3) is 5.69 Å². The second-order valence-corrected chi connectivity index (χ2v) is 5.72. The molecule has 6 nitrogen and oxygen atoms in total. The van der Waals surface area contributed by atoms with Crippen LogP contribution in [0.4, 0.5) is 11.4 Å². The van der Waals surface area contributed by atoms with Crippen molar-refractivity contribution in [2.24, 2.45) is 5.41 Å². The lowest BCUT2D eigenvalue weighted by Crippen LogP contribution is -2.13. The van der Waals surface area contributed by atoms with Gasteiger partial charge >= 0.3 is 0 Å². The Balaban J connectivity index is 3.00. The number of nitro benzene ring substituents is 1. The van der Waals surface area contributed by atoms with E-state index in [0.717, 1.165) is 6.42 Å². The number of anilines is 1. The summed E-state index contributed by atoms with van der Waals surface area (Å²) in [5, 5.41) is 14.2. The summed E-state index contributed by atoms with van der Waals surface area (Å²) < 4.78 is 10.3. The van der Waals surface area contributed by atoms with Crippen molar-refractivity contribution in [3.8, 4) is 11.5 Å². The first-order chi connectivity index (χ1) is 9.28. The molecule has 1 N–H and O–H groups in total. The molecule has 0 saturated carbocycles. The molecule has 0 saturated heterocycles. The third-order valence-electron chi connectivity index (χ3n) is 2.89. The summed E-state index contributed by atoms with van der Waals surface area (Å²) in [4.78, 5) is 10.7. The van der Waals surface area contributed by atoms with Gasteiger partial charge in [-0.15, -0.1) is 0 Å². The van der Waals surface area contributed by atoms with E-state index in [0.29, 0.717) is 23.7 Å². The minimum atomic E-state index is -0.429. The third-order valence-corrected chi connectivity index (χ3v) is 2.89. The highest BCUT2D eigenvalue weighted by atomic mass is 16.6. The van der Waals surface area contributed by atoms with E-state index in [9.17, 15) is 10.1 Å². The Bertz CT molecular complexity index is 481. The van der Waals surface area contributed by atoms with E-state index in [-0.39, 0.29) is 11.1 Å². The number of benzene rings is 1. The number of hydrogen-bond acceptors (Lipinski definition) is 5. The van der Waals surface area contributed by atoms with Crippen LogP contribution in [-0.4, -0.2) is 25.7 Å². The van der Waals surface area contributed by atoms with Crippen LogP contribution in [0.15, 0.2) is 12.1 Å². The van der Waals surface area contributed by atoms with Crippen molar-refractivity contribution < 1.29 is 14.4 Å². The standard InChI is InChI=1S/C14H22N2O4/c1-14(2,3)6-7-15-10-8-12(19-4)13(20-5)9-11(10)16(17)18/h8-9,15H,6-7H2,1-5H3. The molecule has 0 amide bonds. The lowest BCUT2D eigenvalue weighted by atomic mass is 9.92. The van der Waals surface area contributed by atoms with Crippen LogP contribution in [0.5, 0.6) is 11.5 Å². The molecule has 6 heteroatoms. The van der Waals surface area contributed by atoms with Gasteiger partial charge in [-0.25, -0.2) is 0 Å². The zero-order valence-corrected chi connectivity index (χ0v) is 12.6. The predicted octanol–water partition coefficient (Wildman–Crippen LogP) is 3.46. The van der Waals surface area contributed by atoms with Crippen LogP contribution in [0.25, 0.3) is 0 Å². The van der Waals surface area contributed by atoms with Crippen molar-refractivity contribution in [2.75, 3.05) is 26.1 Å². The summed E-state index contributed by atoms with van der Waals surface area (Å²) in [6, 6.07) is 2.97. The first-order valence-corrected chi connectivity index (χ1v) is 6.43. The van der Waals surface area contributed by atoms with Crippen LogP contribution < -0.4 is 14.8 Å². The Morgan fingerprint density at radius 1 is 1.20 bits per heavy atom. The van der Waals surface area contributed by atoms with Gasteiger partial charge in [-0.2, -0.15) is 0 Å². The minimum Gasteiger partial charge on any atom is -0.493 e. The van der Waals surface area contributed by atoms with Crippen molar-refractivity contribution in [1.82, 2.24) is 0 Å². The first kappa shape index (κ1) is 16.1. The zero-order valence-electron chi connectivity index (χ0n) is 12.6. The molecule has 0 aromatic heterocycles. The van der Waals surface area contributed by atoms with Gasteiger partial charge in [-0.1, -0.05) is 20.8 Å². The van der Waals surface area contributed by atoms with Crippen molar-refractivity contribution in [3.05, 3.63) is 22.2 Å². The van der Waals surface area contributed by atoms with Gasteiger partial charge in [-0.05, 0) is 11.8 Å². The third kappa shape index (κ3) is 4.29. The van der Waals surface area contributed by atoms with Crippen LogP contribution in [0.3, 0.4) is 0 Å². The fourth-order valence-electron chi connectivity index (χ4n) is 1.73. The molecule has 0 aliphatic carbocycles. The Labute approximate surface area is 119 Å². The van der Waals surface area contributed by atoms with E-state index in [1.165, 1.54) is 20.3 Å². The smallest absolute Gasteiger partial charge is 0.296 e. The maximum Gasteiger partial charge on any atom is 0.296 e. The van der Waals surface area contributed by atoms with Crippen molar-refractivity contribution in [2.45, 2.75) is 27.2 Å². The van der Waals surface area contributed by atoms with E-state index in [1.54, 1.807) is 6.07 Å². The quantitative estimate of drug-likeness (QED) is 0.639. The highest BCUT2D eigenvalue weighted by Crippen LogP contribution is 2.37. The normalized spacial score (nSPS) is 11.1. The van der Waals surface area contributed by atoms with E-state index in [1.807, 2.05) is 0 Å². The van der Waals surface area contributed by atoms with E-state index in [2.05, 4.69) is 26.1 Å². The van der Waals surface area contributed by atoms with E-state index >= 15 is 0 Å². The highest BCUT2D eigenvalue weighted by Gasteiger charge is 2.20. The number of nitrogens with zero attached hydrogens (tertiary/aromatic N) is 1. The lowest BCUT2D eigenvalue weighted by Gasteiger charge is -2.19. The molecule has 0 fully saturated rings. The molecule has 112 valence electrons. The molecule has 0 unspecified atom stereocenters. The molecule has 0 aliphatic rings. The molecule has 20 heavy (non-hydrogen) atoms. The monoisotopic (exact) mass is 282 g/mol. The molecule has 0 spiro atoms. The van der Waals surface area contributed by atoms with Crippen molar-refractivity contribution in [3.63, 3.8) is 0 Å². The van der Waals surface area contributed by atoms with Gasteiger partial charge in [0.05, 0.1) is 25.2 Å². The number of hydrogen-bond donors (Lipinski definition) is 1. The Hall–Kier alpha value is -1.98.